The fourth-order valence-corrected chi connectivity index (χ4v) is 1.73. The van der Waals surface area contributed by atoms with Crippen molar-refractivity contribution in [2.45, 2.75) is 38.4 Å². The van der Waals surface area contributed by atoms with E-state index in [-0.39, 0.29) is 0 Å². The van der Waals surface area contributed by atoms with Crippen LogP contribution in [-0.2, 0) is 6.18 Å². The summed E-state index contributed by atoms with van der Waals surface area (Å²) in [6.07, 6.45) is -2.74. The first-order valence-corrected chi connectivity index (χ1v) is 5.49. The van der Waals surface area contributed by atoms with Gasteiger partial charge < -0.3 is 5.73 Å². The lowest BCUT2D eigenvalue weighted by Gasteiger charge is -2.18. The van der Waals surface area contributed by atoms with Crippen molar-refractivity contribution in [2.75, 3.05) is 0 Å². The fraction of sp³-hybridized carbons (Fsp3) is 0.500. The van der Waals surface area contributed by atoms with Crippen LogP contribution in [0.2, 0.25) is 0 Å². The van der Waals surface area contributed by atoms with E-state index in [1.807, 2.05) is 6.92 Å². The van der Waals surface area contributed by atoms with Crippen LogP contribution in [0, 0.1) is 5.82 Å². The molecule has 96 valence electrons. The molecular formula is C12H15F4N. The zero-order chi connectivity index (χ0) is 13.1. The molecule has 1 rings (SSSR count). The van der Waals surface area contributed by atoms with E-state index < -0.39 is 29.2 Å². The summed E-state index contributed by atoms with van der Waals surface area (Å²) in [4.78, 5) is 0. The summed E-state index contributed by atoms with van der Waals surface area (Å²) in [7, 11) is 0. The highest BCUT2D eigenvalue weighted by Crippen LogP contribution is 2.36. The molecule has 0 fully saturated rings. The molecule has 5 heteroatoms. The number of rotatable bonds is 4. The van der Waals surface area contributed by atoms with Crippen LogP contribution in [0.25, 0.3) is 0 Å². The molecule has 0 radical (unpaired) electrons. The van der Waals surface area contributed by atoms with E-state index in [0.717, 1.165) is 24.6 Å². The second-order valence-corrected chi connectivity index (χ2v) is 3.95. The van der Waals surface area contributed by atoms with Crippen LogP contribution in [0.5, 0.6) is 0 Å². The molecule has 0 aromatic heterocycles. The van der Waals surface area contributed by atoms with Gasteiger partial charge in [-0.3, -0.25) is 0 Å². The van der Waals surface area contributed by atoms with E-state index in [1.165, 1.54) is 0 Å². The number of alkyl halides is 3. The lowest BCUT2D eigenvalue weighted by atomic mass is 9.96. The molecule has 1 aromatic carbocycles. The highest BCUT2D eigenvalue weighted by molar-refractivity contribution is 5.33. The minimum absolute atomic E-state index is 0.348. The van der Waals surface area contributed by atoms with E-state index in [1.54, 1.807) is 0 Å². The molecule has 1 aromatic rings. The minimum atomic E-state index is -4.57. The molecule has 1 nitrogen and oxygen atoms in total. The summed E-state index contributed by atoms with van der Waals surface area (Å²) >= 11 is 0. The number of hydrogen-bond donors (Lipinski definition) is 1. The molecule has 0 saturated heterocycles. The smallest absolute Gasteiger partial charge is 0.324 e. The van der Waals surface area contributed by atoms with Gasteiger partial charge in [-0.15, -0.1) is 0 Å². The molecule has 0 unspecified atom stereocenters. The third kappa shape index (κ3) is 3.43. The van der Waals surface area contributed by atoms with E-state index in [0.29, 0.717) is 12.8 Å². The summed E-state index contributed by atoms with van der Waals surface area (Å²) < 4.78 is 51.5. The van der Waals surface area contributed by atoms with Crippen LogP contribution >= 0.6 is 0 Å². The van der Waals surface area contributed by atoms with Gasteiger partial charge in [-0.2, -0.15) is 13.2 Å². The number of halogens is 4. The van der Waals surface area contributed by atoms with Gasteiger partial charge in [-0.05, 0) is 18.6 Å². The largest absolute Gasteiger partial charge is 0.416 e. The van der Waals surface area contributed by atoms with Gasteiger partial charge in [-0.25, -0.2) is 4.39 Å². The third-order valence-corrected chi connectivity index (χ3v) is 2.60. The Bertz CT molecular complexity index is 373. The quantitative estimate of drug-likeness (QED) is 0.801. The summed E-state index contributed by atoms with van der Waals surface area (Å²) in [5, 5.41) is 0. The Morgan fingerprint density at radius 2 is 1.94 bits per heavy atom. The molecule has 0 aliphatic carbocycles. The zero-order valence-corrected chi connectivity index (χ0v) is 9.52. The molecule has 2 N–H and O–H groups in total. The highest BCUT2D eigenvalue weighted by Gasteiger charge is 2.35. The van der Waals surface area contributed by atoms with Gasteiger partial charge in [0.2, 0.25) is 0 Å². The van der Waals surface area contributed by atoms with Crippen molar-refractivity contribution in [3.8, 4) is 0 Å². The SMILES string of the molecule is CCCC[C@@H](N)c1c(F)cccc1C(F)(F)F. The Morgan fingerprint density at radius 1 is 1.29 bits per heavy atom. The van der Waals surface area contributed by atoms with Gasteiger partial charge in [0.25, 0.3) is 0 Å². The topological polar surface area (TPSA) is 26.0 Å². The molecule has 0 heterocycles. The maximum Gasteiger partial charge on any atom is 0.416 e. The molecule has 0 bridgehead atoms. The lowest BCUT2D eigenvalue weighted by Crippen LogP contribution is -2.19. The van der Waals surface area contributed by atoms with E-state index in [9.17, 15) is 17.6 Å². The minimum Gasteiger partial charge on any atom is -0.324 e. The summed E-state index contributed by atoms with van der Waals surface area (Å²) in [5.74, 6) is -0.886. The van der Waals surface area contributed by atoms with Crippen LogP contribution < -0.4 is 5.73 Å². The van der Waals surface area contributed by atoms with Gasteiger partial charge in [0, 0.05) is 11.6 Å². The second kappa shape index (κ2) is 5.49. The number of benzene rings is 1. The molecule has 0 aliphatic heterocycles. The summed E-state index contributed by atoms with van der Waals surface area (Å²) in [5.41, 5.74) is 4.25. The summed E-state index contributed by atoms with van der Waals surface area (Å²) in [6.45, 7) is 1.90. The predicted molar refractivity (Wildman–Crippen MR) is 57.9 cm³/mol. The Balaban J connectivity index is 3.12. The van der Waals surface area contributed by atoms with Crippen molar-refractivity contribution in [3.63, 3.8) is 0 Å². The van der Waals surface area contributed by atoms with Crippen molar-refractivity contribution in [1.82, 2.24) is 0 Å². The van der Waals surface area contributed by atoms with Gasteiger partial charge in [0.05, 0.1) is 5.56 Å². The van der Waals surface area contributed by atoms with Gasteiger partial charge in [0.15, 0.2) is 0 Å². The molecule has 17 heavy (non-hydrogen) atoms. The average molecular weight is 249 g/mol. The predicted octanol–water partition coefficient (Wildman–Crippen LogP) is 4.03. The van der Waals surface area contributed by atoms with Crippen LogP contribution in [0.1, 0.15) is 43.4 Å². The normalized spacial score (nSPS) is 13.8. The average Bonchev–Trinajstić information content (AvgIpc) is 2.24. The van der Waals surface area contributed by atoms with Gasteiger partial charge in [0.1, 0.15) is 5.82 Å². The Kier molecular flexibility index (Phi) is 4.51. The van der Waals surface area contributed by atoms with E-state index in [4.69, 9.17) is 5.73 Å². The maximum absolute atomic E-state index is 13.5. The van der Waals surface area contributed by atoms with Crippen molar-refractivity contribution >= 4 is 0 Å². The second-order valence-electron chi connectivity index (χ2n) is 3.95. The zero-order valence-electron chi connectivity index (χ0n) is 9.52. The van der Waals surface area contributed by atoms with Crippen molar-refractivity contribution in [1.29, 1.82) is 0 Å². The van der Waals surface area contributed by atoms with Crippen molar-refractivity contribution in [2.24, 2.45) is 5.73 Å². The number of hydrogen-bond acceptors (Lipinski definition) is 1. The first-order valence-electron chi connectivity index (χ1n) is 5.49. The highest BCUT2D eigenvalue weighted by atomic mass is 19.4. The Hall–Kier alpha value is -1.10. The Morgan fingerprint density at radius 3 is 2.47 bits per heavy atom. The van der Waals surface area contributed by atoms with Crippen LogP contribution in [0.15, 0.2) is 18.2 Å². The first-order chi connectivity index (χ1) is 7.88. The number of nitrogens with two attached hydrogens (primary N) is 1. The molecule has 0 aliphatic rings. The van der Waals surface area contributed by atoms with E-state index in [2.05, 4.69) is 0 Å². The van der Waals surface area contributed by atoms with Crippen LogP contribution in [0.3, 0.4) is 0 Å². The first kappa shape index (κ1) is 14.0. The molecule has 0 saturated carbocycles. The van der Waals surface area contributed by atoms with Crippen LogP contribution in [0.4, 0.5) is 17.6 Å². The van der Waals surface area contributed by atoms with Crippen molar-refractivity contribution < 1.29 is 17.6 Å². The van der Waals surface area contributed by atoms with Crippen molar-refractivity contribution in [3.05, 3.63) is 35.1 Å². The number of unbranched alkanes of at least 4 members (excludes halogenated alkanes) is 1. The molecular weight excluding hydrogens is 234 g/mol. The van der Waals surface area contributed by atoms with Gasteiger partial charge >= 0.3 is 6.18 Å². The lowest BCUT2D eigenvalue weighted by molar-refractivity contribution is -0.138. The van der Waals surface area contributed by atoms with Gasteiger partial charge in [-0.1, -0.05) is 25.8 Å². The maximum atomic E-state index is 13.5. The monoisotopic (exact) mass is 249 g/mol. The van der Waals surface area contributed by atoms with E-state index >= 15 is 0 Å². The molecule has 1 atom stereocenters. The standard InChI is InChI=1S/C12H15F4N/c1-2-3-7-10(17)11-8(12(14,15)16)5-4-6-9(11)13/h4-6,10H,2-3,7,17H2,1H3/t10-/m1/s1. The molecule has 0 spiro atoms. The fourth-order valence-electron chi connectivity index (χ4n) is 1.73. The third-order valence-electron chi connectivity index (χ3n) is 2.60. The summed E-state index contributed by atoms with van der Waals surface area (Å²) in [6, 6.07) is 2.02. The van der Waals surface area contributed by atoms with Crippen LogP contribution in [-0.4, -0.2) is 0 Å². The Labute approximate surface area is 97.6 Å². The molecule has 0 amide bonds.